The normalized spacial score (nSPS) is 19.4. The minimum absolute atomic E-state index is 0.0339. The van der Waals surface area contributed by atoms with Crippen molar-refractivity contribution in [1.82, 2.24) is 40.2 Å². The fourth-order valence-corrected chi connectivity index (χ4v) is 5.39. The lowest BCUT2D eigenvalue weighted by Gasteiger charge is -2.43. The van der Waals surface area contributed by atoms with Crippen molar-refractivity contribution in [1.29, 1.82) is 5.41 Å². The summed E-state index contributed by atoms with van der Waals surface area (Å²) in [6, 6.07) is -2.84. The highest BCUT2D eigenvalue weighted by Crippen LogP contribution is 2.40. The molecule has 1 saturated carbocycles. The highest BCUT2D eigenvalue weighted by atomic mass is 32.2. The van der Waals surface area contributed by atoms with Crippen LogP contribution in [0.2, 0.25) is 0 Å². The van der Waals surface area contributed by atoms with Crippen molar-refractivity contribution in [3.8, 4) is 0 Å². The van der Waals surface area contributed by atoms with Gasteiger partial charge in [-0.25, -0.2) is 14.1 Å². The van der Waals surface area contributed by atoms with Gasteiger partial charge in [0.25, 0.3) is 11.8 Å². The maximum absolute atomic E-state index is 13.3. The fourth-order valence-electron chi connectivity index (χ4n) is 3.97. The number of oxime groups is 1. The molecular weight excluding hydrogens is 612 g/mol. The Hall–Kier alpha value is -4.41. The SMILES string of the molecule is Cc1nn(C[C@@H]2[C@H](NC(=O)/C(=N\OC3(C(=O)O)CC3)c3csc(N)n3)C(=O)N2S(=O)(=O)O)nc1CNC(=N)NCCCN. The summed E-state index contributed by atoms with van der Waals surface area (Å²) in [5.41, 5.74) is 9.78. The molecule has 10 N–H and O–H groups in total. The summed E-state index contributed by atoms with van der Waals surface area (Å²) >= 11 is 0.964. The molecule has 0 aromatic carbocycles. The number of β-lactam (4-membered cyclic amide) rings is 1. The van der Waals surface area contributed by atoms with E-state index in [4.69, 9.17) is 21.7 Å². The number of carboxylic acids is 1. The lowest BCUT2D eigenvalue weighted by molar-refractivity contribution is -0.153. The zero-order chi connectivity index (χ0) is 31.5. The molecule has 0 unspecified atom stereocenters. The van der Waals surface area contributed by atoms with Crippen molar-refractivity contribution in [2.24, 2.45) is 10.9 Å². The number of carboxylic acid groups (broad SMARTS) is 1. The second-order valence-electron chi connectivity index (χ2n) is 9.62. The largest absolute Gasteiger partial charge is 0.478 e. The summed E-state index contributed by atoms with van der Waals surface area (Å²) in [6.07, 6.45) is 0.987. The molecule has 4 rings (SSSR count). The topological polar surface area (TPSA) is 306 Å². The Kier molecular flexibility index (Phi) is 9.12. The van der Waals surface area contributed by atoms with E-state index in [0.717, 1.165) is 16.1 Å². The van der Waals surface area contributed by atoms with Crippen LogP contribution in [0.4, 0.5) is 5.13 Å². The number of aliphatic carboxylic acids is 1. The number of rotatable bonds is 14. The van der Waals surface area contributed by atoms with Gasteiger partial charge in [0.2, 0.25) is 5.60 Å². The Morgan fingerprint density at radius 1 is 1.33 bits per heavy atom. The molecule has 0 spiro atoms. The third kappa shape index (κ3) is 7.15. The predicted molar refractivity (Wildman–Crippen MR) is 149 cm³/mol. The first-order valence-corrected chi connectivity index (χ1v) is 15.0. The van der Waals surface area contributed by atoms with E-state index in [1.165, 1.54) is 5.38 Å². The number of amides is 2. The van der Waals surface area contributed by atoms with E-state index in [1.54, 1.807) is 6.92 Å². The number of nitrogen functional groups attached to an aromatic ring is 1. The number of nitrogens with zero attached hydrogens (tertiary/aromatic N) is 6. The summed E-state index contributed by atoms with van der Waals surface area (Å²) in [5, 5.41) is 38.9. The molecule has 2 aliphatic rings. The Labute approximate surface area is 248 Å². The number of hydrogen-bond acceptors (Lipinski definition) is 14. The first-order valence-electron chi connectivity index (χ1n) is 12.7. The van der Waals surface area contributed by atoms with Gasteiger partial charge in [-0.1, -0.05) is 5.16 Å². The van der Waals surface area contributed by atoms with Gasteiger partial charge in [0.1, 0.15) is 23.5 Å². The van der Waals surface area contributed by atoms with Gasteiger partial charge in [0.15, 0.2) is 16.8 Å². The number of nitrogens with two attached hydrogens (primary N) is 2. The molecule has 2 atom stereocenters. The summed E-state index contributed by atoms with van der Waals surface area (Å²) < 4.78 is 33.8. The quantitative estimate of drug-likeness (QED) is 0.0256. The molecule has 0 bridgehead atoms. The lowest BCUT2D eigenvalue weighted by atomic mass is 9.98. The summed E-state index contributed by atoms with van der Waals surface area (Å²) in [5.74, 6) is -3.43. The van der Waals surface area contributed by atoms with Crippen LogP contribution in [0.1, 0.15) is 36.3 Å². The Balaban J connectivity index is 1.50. The van der Waals surface area contributed by atoms with Crippen LogP contribution in [0, 0.1) is 12.3 Å². The fraction of sp³-hybridized carbons (Fsp3) is 0.524. The van der Waals surface area contributed by atoms with Crippen molar-refractivity contribution in [2.45, 2.75) is 57.0 Å². The van der Waals surface area contributed by atoms with Crippen molar-refractivity contribution >= 4 is 56.2 Å². The molecule has 20 nitrogen and oxygen atoms in total. The molecule has 2 aromatic rings. The van der Waals surface area contributed by atoms with Crippen molar-refractivity contribution in [3.05, 3.63) is 22.5 Å². The smallest absolute Gasteiger partial charge is 0.362 e. The van der Waals surface area contributed by atoms with Gasteiger partial charge in [-0.2, -0.15) is 23.4 Å². The molecule has 234 valence electrons. The predicted octanol–water partition coefficient (Wildman–Crippen LogP) is -2.88. The van der Waals surface area contributed by atoms with E-state index in [9.17, 15) is 32.5 Å². The van der Waals surface area contributed by atoms with Crippen LogP contribution >= 0.6 is 11.3 Å². The number of carbonyl (C=O) groups excluding carboxylic acids is 2. The molecular formula is C21H30N12O8S2. The molecule has 2 aromatic heterocycles. The van der Waals surface area contributed by atoms with E-state index in [0.29, 0.717) is 30.9 Å². The van der Waals surface area contributed by atoms with Gasteiger partial charge in [-0.15, -0.1) is 11.3 Å². The molecule has 1 aliphatic carbocycles. The van der Waals surface area contributed by atoms with Gasteiger partial charge < -0.3 is 37.4 Å². The number of thiazole rings is 1. The first kappa shape index (κ1) is 31.5. The van der Waals surface area contributed by atoms with Gasteiger partial charge >= 0.3 is 16.3 Å². The number of hydrogen-bond donors (Lipinski definition) is 8. The number of anilines is 1. The van der Waals surface area contributed by atoms with E-state index < -0.39 is 51.5 Å². The second kappa shape index (κ2) is 12.4. The van der Waals surface area contributed by atoms with Crippen LogP contribution in [-0.4, -0.2) is 103 Å². The standard InChI is InChI=1S/C21H30N12O8S2/c1-10-11(7-26-19(23)25-6-2-5-22)30-32(29-10)8-13-15(17(35)33(13)43(38,39)40)28-16(34)14(12-9-42-20(24)27-12)31-41-21(3-4-21)18(36)37/h9,13,15H,2-8,22H2,1H3,(H2,24,27)(H,28,34)(H,36,37)(H3,23,25,26)(H,38,39,40)/b31-14-/t13-,15+/m1/s1. The van der Waals surface area contributed by atoms with Gasteiger partial charge in [-0.05, 0) is 19.9 Å². The summed E-state index contributed by atoms with van der Waals surface area (Å²) in [4.78, 5) is 47.7. The van der Waals surface area contributed by atoms with E-state index in [1.807, 2.05) is 0 Å². The van der Waals surface area contributed by atoms with Gasteiger partial charge in [-0.3, -0.25) is 19.6 Å². The van der Waals surface area contributed by atoms with E-state index in [2.05, 4.69) is 36.3 Å². The van der Waals surface area contributed by atoms with Crippen molar-refractivity contribution < 1.29 is 37.3 Å². The lowest BCUT2D eigenvalue weighted by Crippen LogP contribution is -2.73. The van der Waals surface area contributed by atoms with Crippen LogP contribution in [-0.2, 0) is 42.6 Å². The Morgan fingerprint density at radius 2 is 2.05 bits per heavy atom. The Bertz CT molecular complexity index is 1550. The first-order chi connectivity index (χ1) is 20.3. The molecule has 22 heteroatoms. The zero-order valence-electron chi connectivity index (χ0n) is 22.7. The maximum atomic E-state index is 13.3. The summed E-state index contributed by atoms with van der Waals surface area (Å²) in [7, 11) is -5.03. The maximum Gasteiger partial charge on any atom is 0.362 e. The number of carbonyl (C=O) groups is 3. The number of aryl methyl sites for hydroxylation is 1. The number of aromatic nitrogens is 4. The molecule has 1 saturated heterocycles. The van der Waals surface area contributed by atoms with Crippen LogP contribution < -0.4 is 27.4 Å². The monoisotopic (exact) mass is 642 g/mol. The Morgan fingerprint density at radius 3 is 2.63 bits per heavy atom. The minimum Gasteiger partial charge on any atom is -0.478 e. The van der Waals surface area contributed by atoms with Crippen molar-refractivity contribution in [2.75, 3.05) is 18.8 Å². The van der Waals surface area contributed by atoms with E-state index >= 15 is 0 Å². The highest BCUT2D eigenvalue weighted by Gasteiger charge is 2.56. The van der Waals surface area contributed by atoms with Crippen molar-refractivity contribution in [3.63, 3.8) is 0 Å². The second-order valence-corrected chi connectivity index (χ2v) is 11.8. The number of guanidine groups is 1. The molecule has 3 heterocycles. The number of nitrogens with one attached hydrogen (secondary N) is 4. The van der Waals surface area contributed by atoms with E-state index in [-0.39, 0.29) is 47.0 Å². The van der Waals surface area contributed by atoms with Crippen LogP contribution in [0.25, 0.3) is 0 Å². The molecule has 1 aliphatic heterocycles. The highest BCUT2D eigenvalue weighted by molar-refractivity contribution is 7.84. The summed E-state index contributed by atoms with van der Waals surface area (Å²) in [6.45, 7) is 2.33. The van der Waals surface area contributed by atoms with Crippen LogP contribution in [0.15, 0.2) is 10.5 Å². The van der Waals surface area contributed by atoms with Gasteiger partial charge in [0.05, 0.1) is 18.8 Å². The minimum atomic E-state index is -5.03. The molecule has 2 amide bonds. The van der Waals surface area contributed by atoms with Crippen LogP contribution in [0.3, 0.4) is 0 Å². The zero-order valence-corrected chi connectivity index (χ0v) is 24.3. The molecule has 0 radical (unpaired) electrons. The average molecular weight is 643 g/mol. The van der Waals surface area contributed by atoms with Crippen LogP contribution in [0.5, 0.6) is 0 Å². The van der Waals surface area contributed by atoms with Gasteiger partial charge in [0, 0.05) is 24.8 Å². The molecule has 2 fully saturated rings. The third-order valence-corrected chi connectivity index (χ3v) is 8.10. The third-order valence-electron chi connectivity index (χ3n) is 6.47. The average Bonchev–Trinajstić information content (AvgIpc) is 3.48. The molecule has 43 heavy (non-hydrogen) atoms.